The Morgan fingerprint density at radius 3 is 2.35 bits per heavy atom. The number of sulfonamides is 1. The average Bonchev–Trinajstić information content (AvgIpc) is 2.84. The molecule has 180 valence electrons. The average molecular weight is 488 g/mol. The Kier molecular flexibility index (Phi) is 8.61. The van der Waals surface area contributed by atoms with Crippen LogP contribution in [0.5, 0.6) is 5.75 Å². The lowest BCUT2D eigenvalue weighted by Crippen LogP contribution is -2.40. The standard InChI is InChI=1S/C23H25N3O7S/c1-32-19-8-4-17(5-9-19)22(27)24-18-6-10-20(11-7-18)34(30,31)25-21(23(28)29)3-2-12-26-13-15-33-16-14-26/h4-11,21,25H,12-16H2,1H3,(H,24,27)(H,28,29). The molecule has 1 heterocycles. The molecule has 1 amide bonds. The fraction of sp³-hybridized carbons (Fsp3) is 0.304. The topological polar surface area (TPSA) is 134 Å². The maximum absolute atomic E-state index is 12.7. The number of nitrogens with one attached hydrogen (secondary N) is 2. The molecule has 0 saturated carbocycles. The number of carboxylic acid groups (broad SMARTS) is 1. The van der Waals surface area contributed by atoms with Crippen LogP contribution in [0.4, 0.5) is 5.69 Å². The molecule has 0 aliphatic carbocycles. The molecule has 1 aliphatic heterocycles. The van der Waals surface area contributed by atoms with Gasteiger partial charge in [0.05, 0.1) is 31.8 Å². The van der Waals surface area contributed by atoms with Gasteiger partial charge >= 0.3 is 5.97 Å². The molecule has 2 aromatic rings. The second-order valence-electron chi connectivity index (χ2n) is 7.31. The van der Waals surface area contributed by atoms with Gasteiger partial charge in [-0.2, -0.15) is 4.72 Å². The number of hydrogen-bond acceptors (Lipinski definition) is 7. The van der Waals surface area contributed by atoms with Crippen molar-refractivity contribution >= 4 is 27.6 Å². The Balaban J connectivity index is 1.63. The number of benzene rings is 2. The number of nitrogens with zero attached hydrogens (tertiary/aromatic N) is 1. The van der Waals surface area contributed by atoms with Crippen LogP contribution >= 0.6 is 0 Å². The quantitative estimate of drug-likeness (QED) is 0.470. The van der Waals surface area contributed by atoms with Crippen LogP contribution in [-0.2, 0) is 19.6 Å². The van der Waals surface area contributed by atoms with E-state index in [1.54, 1.807) is 24.3 Å². The fourth-order valence-electron chi connectivity index (χ4n) is 3.05. The third-order valence-corrected chi connectivity index (χ3v) is 6.39. The third-order valence-electron chi connectivity index (χ3n) is 4.95. The zero-order valence-electron chi connectivity index (χ0n) is 18.5. The molecule has 0 radical (unpaired) electrons. The molecule has 1 saturated heterocycles. The summed E-state index contributed by atoms with van der Waals surface area (Å²) >= 11 is 0. The van der Waals surface area contributed by atoms with E-state index in [-0.39, 0.29) is 10.8 Å². The SMILES string of the molecule is COc1ccc(C(=O)Nc2ccc(S(=O)(=O)NC(C#CCN3CCOCC3)C(=O)O)cc2)cc1. The van der Waals surface area contributed by atoms with Crippen LogP contribution in [-0.4, -0.2) is 76.3 Å². The van der Waals surface area contributed by atoms with Crippen molar-refractivity contribution in [2.75, 3.05) is 45.3 Å². The van der Waals surface area contributed by atoms with Crippen molar-refractivity contribution in [1.82, 2.24) is 9.62 Å². The number of amides is 1. The zero-order valence-corrected chi connectivity index (χ0v) is 19.3. The van der Waals surface area contributed by atoms with Gasteiger partial charge in [0.2, 0.25) is 10.0 Å². The summed E-state index contributed by atoms with van der Waals surface area (Å²) < 4.78 is 37.7. The van der Waals surface area contributed by atoms with Crippen molar-refractivity contribution in [3.8, 4) is 17.6 Å². The molecule has 11 heteroatoms. The number of aliphatic carboxylic acids is 1. The first-order chi connectivity index (χ1) is 16.3. The summed E-state index contributed by atoms with van der Waals surface area (Å²) in [4.78, 5) is 25.7. The molecule has 3 N–H and O–H groups in total. The first-order valence-electron chi connectivity index (χ1n) is 10.4. The van der Waals surface area contributed by atoms with Crippen molar-refractivity contribution in [2.45, 2.75) is 10.9 Å². The molecule has 1 aliphatic rings. The molecular weight excluding hydrogens is 462 g/mol. The summed E-state index contributed by atoms with van der Waals surface area (Å²) in [5.74, 6) is 4.03. The molecule has 34 heavy (non-hydrogen) atoms. The summed E-state index contributed by atoms with van der Waals surface area (Å²) in [6, 6.07) is 10.3. The lowest BCUT2D eigenvalue weighted by atomic mass is 10.2. The Morgan fingerprint density at radius 1 is 1.12 bits per heavy atom. The van der Waals surface area contributed by atoms with Gasteiger partial charge < -0.3 is 19.9 Å². The van der Waals surface area contributed by atoms with E-state index in [0.29, 0.717) is 49.8 Å². The monoisotopic (exact) mass is 487 g/mol. The normalized spacial score (nSPS) is 15.0. The molecule has 0 aromatic heterocycles. The summed E-state index contributed by atoms with van der Waals surface area (Å²) in [5.41, 5.74) is 0.777. The van der Waals surface area contributed by atoms with E-state index in [0.717, 1.165) is 0 Å². The number of carbonyl (C=O) groups excluding carboxylic acids is 1. The number of ether oxygens (including phenoxy) is 2. The minimum atomic E-state index is -4.16. The fourth-order valence-corrected chi connectivity index (χ4v) is 4.15. The Labute approximate surface area is 197 Å². The lowest BCUT2D eigenvalue weighted by Gasteiger charge is -2.24. The van der Waals surface area contributed by atoms with Gasteiger partial charge in [-0.3, -0.25) is 9.69 Å². The van der Waals surface area contributed by atoms with Crippen LogP contribution in [0.2, 0.25) is 0 Å². The smallest absolute Gasteiger partial charge is 0.334 e. The van der Waals surface area contributed by atoms with E-state index in [1.165, 1.54) is 31.4 Å². The Bertz CT molecular complexity index is 1160. The minimum Gasteiger partial charge on any atom is -0.497 e. The summed E-state index contributed by atoms with van der Waals surface area (Å²) in [6.45, 7) is 2.83. The second-order valence-corrected chi connectivity index (χ2v) is 9.02. The van der Waals surface area contributed by atoms with Crippen molar-refractivity contribution in [3.05, 3.63) is 54.1 Å². The molecular formula is C23H25N3O7S. The third kappa shape index (κ3) is 7.03. The van der Waals surface area contributed by atoms with Crippen LogP contribution in [0, 0.1) is 11.8 Å². The highest BCUT2D eigenvalue weighted by Crippen LogP contribution is 2.17. The molecule has 0 bridgehead atoms. The summed E-state index contributed by atoms with van der Waals surface area (Å²) in [6.07, 6.45) is 0. The highest BCUT2D eigenvalue weighted by molar-refractivity contribution is 7.89. The van der Waals surface area contributed by atoms with Gasteiger partial charge in [-0.05, 0) is 48.5 Å². The van der Waals surface area contributed by atoms with Crippen LogP contribution < -0.4 is 14.8 Å². The van der Waals surface area contributed by atoms with E-state index < -0.39 is 22.0 Å². The van der Waals surface area contributed by atoms with Crippen molar-refractivity contribution in [1.29, 1.82) is 0 Å². The minimum absolute atomic E-state index is 0.156. The van der Waals surface area contributed by atoms with Gasteiger partial charge in [-0.25, -0.2) is 13.2 Å². The van der Waals surface area contributed by atoms with Crippen molar-refractivity contribution < 1.29 is 32.6 Å². The van der Waals surface area contributed by atoms with E-state index >= 15 is 0 Å². The van der Waals surface area contributed by atoms with Gasteiger partial charge in [0.15, 0.2) is 6.04 Å². The summed E-state index contributed by atoms with van der Waals surface area (Å²) in [5, 5.41) is 12.1. The van der Waals surface area contributed by atoms with Crippen LogP contribution in [0.25, 0.3) is 0 Å². The van der Waals surface area contributed by atoms with Gasteiger partial charge in [0, 0.05) is 24.3 Å². The number of methoxy groups -OCH3 is 1. The van der Waals surface area contributed by atoms with Gasteiger partial charge in [0.1, 0.15) is 5.75 Å². The number of rotatable bonds is 8. The van der Waals surface area contributed by atoms with E-state index in [1.807, 2.05) is 4.90 Å². The Morgan fingerprint density at radius 2 is 1.76 bits per heavy atom. The number of carboxylic acids is 1. The van der Waals surface area contributed by atoms with Crippen LogP contribution in [0.15, 0.2) is 53.4 Å². The van der Waals surface area contributed by atoms with E-state index in [2.05, 4.69) is 21.9 Å². The van der Waals surface area contributed by atoms with Gasteiger partial charge in [-0.1, -0.05) is 11.8 Å². The maximum Gasteiger partial charge on any atom is 0.334 e. The van der Waals surface area contributed by atoms with Crippen molar-refractivity contribution in [2.24, 2.45) is 0 Å². The lowest BCUT2D eigenvalue weighted by molar-refractivity contribution is -0.137. The molecule has 0 spiro atoms. The molecule has 10 nitrogen and oxygen atoms in total. The number of carbonyl (C=O) groups is 2. The number of morpholine rings is 1. The first kappa shape index (κ1) is 25.2. The molecule has 3 rings (SSSR count). The van der Waals surface area contributed by atoms with Crippen LogP contribution in [0.1, 0.15) is 10.4 Å². The summed E-state index contributed by atoms with van der Waals surface area (Å²) in [7, 11) is -2.63. The second kappa shape index (κ2) is 11.6. The Hall–Kier alpha value is -3.43. The molecule has 1 fully saturated rings. The van der Waals surface area contributed by atoms with Gasteiger partial charge in [-0.15, -0.1) is 0 Å². The van der Waals surface area contributed by atoms with E-state index in [9.17, 15) is 23.1 Å². The molecule has 1 atom stereocenters. The molecule has 2 aromatic carbocycles. The predicted octanol–water partition coefficient (Wildman–Crippen LogP) is 1.01. The van der Waals surface area contributed by atoms with Crippen LogP contribution in [0.3, 0.4) is 0 Å². The van der Waals surface area contributed by atoms with E-state index in [4.69, 9.17) is 9.47 Å². The zero-order chi connectivity index (χ0) is 24.6. The number of hydrogen-bond donors (Lipinski definition) is 3. The predicted molar refractivity (Wildman–Crippen MR) is 124 cm³/mol. The first-order valence-corrected chi connectivity index (χ1v) is 11.9. The molecule has 1 unspecified atom stereocenters. The largest absolute Gasteiger partial charge is 0.497 e. The van der Waals surface area contributed by atoms with Gasteiger partial charge in [0.25, 0.3) is 5.91 Å². The number of anilines is 1. The van der Waals surface area contributed by atoms with Crippen molar-refractivity contribution in [3.63, 3.8) is 0 Å². The highest BCUT2D eigenvalue weighted by Gasteiger charge is 2.24. The highest BCUT2D eigenvalue weighted by atomic mass is 32.2. The maximum atomic E-state index is 12.7.